The second-order valence-corrected chi connectivity index (χ2v) is 14.1. The molecule has 0 saturated carbocycles. The van der Waals surface area contributed by atoms with Crippen molar-refractivity contribution in [3.63, 3.8) is 0 Å². The van der Waals surface area contributed by atoms with Gasteiger partial charge in [-0.2, -0.15) is 0 Å². The lowest BCUT2D eigenvalue weighted by Gasteiger charge is -2.17. The van der Waals surface area contributed by atoms with E-state index in [9.17, 15) is 24.5 Å². The van der Waals surface area contributed by atoms with E-state index < -0.39 is 22.0 Å². The summed E-state index contributed by atoms with van der Waals surface area (Å²) < 4.78 is 0. The van der Waals surface area contributed by atoms with E-state index in [1.165, 1.54) is 47.4 Å². The lowest BCUT2D eigenvalue weighted by atomic mass is 10.1. The summed E-state index contributed by atoms with van der Waals surface area (Å²) in [4.78, 5) is 57.0. The first kappa shape index (κ1) is 37.0. The van der Waals surface area contributed by atoms with Crippen LogP contribution in [0.25, 0.3) is 17.3 Å². The van der Waals surface area contributed by atoms with E-state index in [0.717, 1.165) is 5.56 Å². The van der Waals surface area contributed by atoms with Crippen LogP contribution in [0.2, 0.25) is 10.0 Å². The first-order valence-corrected chi connectivity index (χ1v) is 18.3. The molecule has 3 N–H and O–H groups in total. The molecule has 0 radical (unpaired) electrons. The third-order valence-corrected chi connectivity index (χ3v) is 10.1. The number of thioether (sulfide) groups is 1. The highest BCUT2D eigenvalue weighted by Gasteiger charge is 2.24. The van der Waals surface area contributed by atoms with Crippen LogP contribution in [0.5, 0.6) is 0 Å². The van der Waals surface area contributed by atoms with Gasteiger partial charge in [-0.15, -0.1) is 23.1 Å². The maximum absolute atomic E-state index is 13.8. The van der Waals surface area contributed by atoms with Crippen molar-refractivity contribution < 1.29 is 19.3 Å². The quantitative estimate of drug-likeness (QED) is 0.0486. The van der Waals surface area contributed by atoms with Crippen molar-refractivity contribution in [1.82, 2.24) is 10.3 Å². The minimum absolute atomic E-state index is 0.126. The third-order valence-electron chi connectivity index (χ3n) is 7.59. The van der Waals surface area contributed by atoms with Crippen LogP contribution >= 0.6 is 46.3 Å². The predicted molar refractivity (Wildman–Crippen MR) is 211 cm³/mol. The number of para-hydroxylation sites is 1. The number of halogens is 2. The lowest BCUT2D eigenvalue weighted by molar-refractivity contribution is -0.385. The van der Waals surface area contributed by atoms with E-state index in [1.54, 1.807) is 84.2 Å². The Bertz CT molecular complexity index is 2340. The van der Waals surface area contributed by atoms with Gasteiger partial charge in [-0.05, 0) is 66.2 Å². The van der Waals surface area contributed by atoms with Gasteiger partial charge in [-0.3, -0.25) is 24.5 Å². The van der Waals surface area contributed by atoms with Crippen molar-refractivity contribution in [2.24, 2.45) is 0 Å². The zero-order chi connectivity index (χ0) is 37.3. The van der Waals surface area contributed by atoms with E-state index in [-0.39, 0.29) is 22.9 Å². The Labute approximate surface area is 322 Å². The van der Waals surface area contributed by atoms with Gasteiger partial charge in [0.25, 0.3) is 17.5 Å². The average molecular weight is 781 g/mol. The van der Waals surface area contributed by atoms with Crippen LogP contribution in [0.3, 0.4) is 0 Å². The number of carbonyl (C=O) groups is 3. The SMILES string of the molecule is O=C(Nc1cccc(SC(C(=O)Nc2nc(-c3ccc(Cl)cc3Cl)cs2)c2ccccc2)c1)/C(=C\c1ccccc1[N+](=O)[O-])NC(=O)c1ccccc1. The van der Waals surface area contributed by atoms with E-state index in [0.29, 0.717) is 42.6 Å². The molecule has 1 aromatic heterocycles. The zero-order valence-corrected chi connectivity index (χ0v) is 30.5. The standard InChI is InChI=1S/C39H27Cl2N5O5S2/c40-27-18-19-30(31(41)21-27)33-23-52-39(44-33)45-38(49)35(24-10-3-1-4-11-24)53-29-16-9-15-28(22-29)42-37(48)32(43-36(47)25-12-5-2-6-13-25)20-26-14-7-8-17-34(26)46(50)51/h1-23,35H,(H,42,48)(H,43,47)(H,44,45,49)/b32-20+. The highest BCUT2D eigenvalue weighted by atomic mass is 35.5. The normalized spacial score (nSPS) is 11.7. The topological polar surface area (TPSA) is 143 Å². The van der Waals surface area contributed by atoms with Gasteiger partial charge in [0.05, 0.1) is 21.2 Å². The Morgan fingerprint density at radius 1 is 0.830 bits per heavy atom. The summed E-state index contributed by atoms with van der Waals surface area (Å²) in [7, 11) is 0. The van der Waals surface area contributed by atoms with Crippen molar-refractivity contribution in [2.75, 3.05) is 10.6 Å². The maximum Gasteiger partial charge on any atom is 0.276 e. The molecular formula is C39H27Cl2N5O5S2. The van der Waals surface area contributed by atoms with Gasteiger partial charge in [0.2, 0.25) is 5.91 Å². The molecule has 0 aliphatic carbocycles. The molecule has 14 heteroatoms. The molecule has 3 amide bonds. The third kappa shape index (κ3) is 9.56. The van der Waals surface area contributed by atoms with Crippen LogP contribution in [0.15, 0.2) is 143 Å². The molecule has 53 heavy (non-hydrogen) atoms. The van der Waals surface area contributed by atoms with Crippen molar-refractivity contribution in [1.29, 1.82) is 0 Å². The van der Waals surface area contributed by atoms with Gasteiger partial charge in [-0.1, -0.05) is 89.9 Å². The number of benzene rings is 5. The van der Waals surface area contributed by atoms with Crippen LogP contribution in [0.1, 0.15) is 26.7 Å². The summed E-state index contributed by atoms with van der Waals surface area (Å²) in [6, 6.07) is 35.4. The van der Waals surface area contributed by atoms with Crippen LogP contribution in [0, 0.1) is 10.1 Å². The number of nitro groups is 1. The molecule has 0 aliphatic heterocycles. The molecule has 10 nitrogen and oxygen atoms in total. The van der Waals surface area contributed by atoms with Crippen LogP contribution in [0.4, 0.5) is 16.5 Å². The van der Waals surface area contributed by atoms with Crippen LogP contribution < -0.4 is 16.0 Å². The van der Waals surface area contributed by atoms with Gasteiger partial charge < -0.3 is 16.0 Å². The minimum atomic E-state index is -0.715. The average Bonchev–Trinajstić information content (AvgIpc) is 3.62. The fraction of sp³-hybridized carbons (Fsp3) is 0.0256. The van der Waals surface area contributed by atoms with Crippen molar-refractivity contribution in [3.8, 4) is 11.3 Å². The Morgan fingerprint density at radius 2 is 1.55 bits per heavy atom. The van der Waals surface area contributed by atoms with E-state index in [2.05, 4.69) is 20.9 Å². The summed E-state index contributed by atoms with van der Waals surface area (Å²) in [6.07, 6.45) is 1.26. The maximum atomic E-state index is 13.8. The minimum Gasteiger partial charge on any atom is -0.321 e. The van der Waals surface area contributed by atoms with Crippen molar-refractivity contribution in [2.45, 2.75) is 10.1 Å². The summed E-state index contributed by atoms with van der Waals surface area (Å²) >= 11 is 14.9. The Balaban J connectivity index is 1.23. The van der Waals surface area contributed by atoms with Crippen molar-refractivity contribution >= 4 is 86.6 Å². The molecular weight excluding hydrogens is 753 g/mol. The van der Waals surface area contributed by atoms with E-state index in [4.69, 9.17) is 23.2 Å². The second kappa shape index (κ2) is 17.2. The smallest absolute Gasteiger partial charge is 0.276 e. The Kier molecular flexibility index (Phi) is 12.0. The number of hydrogen-bond donors (Lipinski definition) is 3. The summed E-state index contributed by atoms with van der Waals surface area (Å²) in [6.45, 7) is 0. The number of anilines is 2. The van der Waals surface area contributed by atoms with Gasteiger partial charge in [0.1, 0.15) is 10.9 Å². The second-order valence-electron chi connectivity index (χ2n) is 11.2. The number of nitrogens with zero attached hydrogens (tertiary/aromatic N) is 2. The number of aromatic nitrogens is 1. The highest BCUT2D eigenvalue weighted by Crippen LogP contribution is 2.38. The summed E-state index contributed by atoms with van der Waals surface area (Å²) in [5, 5.41) is 22.4. The van der Waals surface area contributed by atoms with Gasteiger partial charge >= 0.3 is 0 Å². The number of nitrogens with one attached hydrogen (secondary N) is 3. The number of thiazole rings is 1. The Morgan fingerprint density at radius 3 is 2.28 bits per heavy atom. The zero-order valence-electron chi connectivity index (χ0n) is 27.4. The molecule has 1 unspecified atom stereocenters. The predicted octanol–water partition coefficient (Wildman–Crippen LogP) is 9.91. The monoisotopic (exact) mass is 779 g/mol. The molecule has 5 aromatic carbocycles. The fourth-order valence-corrected chi connectivity index (χ4v) is 7.38. The fourth-order valence-electron chi connectivity index (χ4n) is 5.08. The van der Waals surface area contributed by atoms with Crippen LogP contribution in [-0.4, -0.2) is 27.6 Å². The molecule has 6 rings (SSSR count). The molecule has 0 spiro atoms. The van der Waals surface area contributed by atoms with E-state index >= 15 is 0 Å². The molecule has 0 bridgehead atoms. The van der Waals surface area contributed by atoms with Gasteiger partial charge in [0, 0.05) is 38.2 Å². The molecule has 0 saturated heterocycles. The van der Waals surface area contributed by atoms with Crippen molar-refractivity contribution in [3.05, 3.63) is 175 Å². The number of amides is 3. The molecule has 6 aromatic rings. The van der Waals surface area contributed by atoms with Gasteiger partial charge in [-0.25, -0.2) is 4.98 Å². The van der Waals surface area contributed by atoms with E-state index in [1.807, 2.05) is 30.3 Å². The number of hydrogen-bond acceptors (Lipinski definition) is 8. The molecule has 0 aliphatic rings. The number of carbonyl (C=O) groups excluding carboxylic acids is 3. The molecule has 1 heterocycles. The number of nitro benzene ring substituents is 1. The first-order valence-electron chi connectivity index (χ1n) is 15.8. The molecule has 0 fully saturated rings. The van der Waals surface area contributed by atoms with Gasteiger partial charge in [0.15, 0.2) is 5.13 Å². The highest BCUT2D eigenvalue weighted by molar-refractivity contribution is 8.00. The van der Waals surface area contributed by atoms with Crippen LogP contribution in [-0.2, 0) is 9.59 Å². The lowest BCUT2D eigenvalue weighted by Crippen LogP contribution is -2.30. The molecule has 264 valence electrons. The summed E-state index contributed by atoms with van der Waals surface area (Å²) in [5.41, 5.74) is 2.34. The largest absolute Gasteiger partial charge is 0.321 e. The number of rotatable bonds is 12. The summed E-state index contributed by atoms with van der Waals surface area (Å²) in [5.74, 6) is -1.61. The Hall–Kier alpha value is -5.79. The molecule has 1 atom stereocenters. The first-order chi connectivity index (χ1) is 25.6.